The van der Waals surface area contributed by atoms with Crippen LogP contribution in [-0.2, 0) is 16.0 Å². The number of aryl methyl sites for hydroxylation is 1. The summed E-state index contributed by atoms with van der Waals surface area (Å²) in [6.45, 7) is 2.87. The Bertz CT molecular complexity index is 546. The number of para-hydroxylation sites is 1. The zero-order valence-corrected chi connectivity index (χ0v) is 13.2. The van der Waals surface area contributed by atoms with Gasteiger partial charge < -0.3 is 9.64 Å². The second-order valence-electron chi connectivity index (χ2n) is 6.60. The van der Waals surface area contributed by atoms with E-state index >= 15 is 0 Å². The molecule has 1 aliphatic heterocycles. The number of amides is 1. The molecular weight excluding hydrogens is 281 g/mol. The maximum atomic E-state index is 14.1. The molecule has 1 aromatic carbocycles. The minimum Gasteiger partial charge on any atom is -0.368 e. The smallest absolute Gasteiger partial charge is 0.253 e. The van der Waals surface area contributed by atoms with Crippen LogP contribution < -0.4 is 4.90 Å². The van der Waals surface area contributed by atoms with Crippen molar-refractivity contribution < 1.29 is 13.9 Å². The first-order chi connectivity index (χ1) is 10.6. The lowest BCUT2D eigenvalue weighted by molar-refractivity contribution is -0.126. The molecule has 0 bridgehead atoms. The first-order valence-electron chi connectivity index (χ1n) is 8.34. The molecule has 1 aromatic rings. The molecule has 0 aromatic heterocycles. The molecule has 1 saturated carbocycles. The van der Waals surface area contributed by atoms with Crippen molar-refractivity contribution in [2.75, 3.05) is 18.1 Å². The third-order valence-electron chi connectivity index (χ3n) is 4.80. The standard InChI is InChI=1S/C18H24FNO2/c1-13-5-2-8-15(11-13)22-12-17(21)20-10-4-7-14-6-3-9-16(19)18(14)20/h3,6,9,13,15H,2,4-5,7-8,10-12H2,1H3. The van der Waals surface area contributed by atoms with E-state index in [2.05, 4.69) is 6.92 Å². The van der Waals surface area contributed by atoms with Gasteiger partial charge in [-0.2, -0.15) is 0 Å². The van der Waals surface area contributed by atoms with E-state index < -0.39 is 0 Å². The number of rotatable bonds is 3. The van der Waals surface area contributed by atoms with Gasteiger partial charge >= 0.3 is 0 Å². The van der Waals surface area contributed by atoms with E-state index in [1.54, 1.807) is 11.0 Å². The molecular formula is C18H24FNO2. The van der Waals surface area contributed by atoms with E-state index in [1.807, 2.05) is 6.07 Å². The minimum absolute atomic E-state index is 0.0607. The zero-order valence-electron chi connectivity index (χ0n) is 13.2. The van der Waals surface area contributed by atoms with E-state index in [0.717, 1.165) is 31.2 Å². The lowest BCUT2D eigenvalue weighted by atomic mass is 9.89. The molecule has 4 heteroatoms. The topological polar surface area (TPSA) is 29.5 Å². The monoisotopic (exact) mass is 305 g/mol. The average molecular weight is 305 g/mol. The van der Waals surface area contributed by atoms with Crippen LogP contribution in [0.2, 0.25) is 0 Å². The molecule has 3 rings (SSSR count). The summed E-state index contributed by atoms with van der Waals surface area (Å²) >= 11 is 0. The molecule has 0 spiro atoms. The molecule has 120 valence electrons. The van der Waals surface area contributed by atoms with Gasteiger partial charge in [-0.05, 0) is 43.2 Å². The van der Waals surface area contributed by atoms with Crippen molar-refractivity contribution in [2.24, 2.45) is 5.92 Å². The van der Waals surface area contributed by atoms with E-state index in [-0.39, 0.29) is 24.4 Å². The number of carbonyl (C=O) groups excluding carboxylic acids is 1. The van der Waals surface area contributed by atoms with E-state index in [9.17, 15) is 9.18 Å². The maximum absolute atomic E-state index is 14.1. The third-order valence-corrected chi connectivity index (χ3v) is 4.80. The van der Waals surface area contributed by atoms with Gasteiger partial charge in [0.1, 0.15) is 12.4 Å². The van der Waals surface area contributed by atoms with Crippen molar-refractivity contribution in [3.8, 4) is 0 Å². The van der Waals surface area contributed by atoms with Gasteiger partial charge in [0.05, 0.1) is 11.8 Å². The quantitative estimate of drug-likeness (QED) is 0.852. The third kappa shape index (κ3) is 3.32. The van der Waals surface area contributed by atoms with Gasteiger partial charge in [-0.1, -0.05) is 31.9 Å². The molecule has 1 aliphatic carbocycles. The summed E-state index contributed by atoms with van der Waals surface area (Å²) in [5.74, 6) is 0.239. The highest BCUT2D eigenvalue weighted by molar-refractivity contribution is 5.95. The second-order valence-corrected chi connectivity index (χ2v) is 6.60. The minimum atomic E-state index is -0.308. The number of anilines is 1. The van der Waals surface area contributed by atoms with Crippen molar-refractivity contribution in [1.29, 1.82) is 0 Å². The summed E-state index contributed by atoms with van der Waals surface area (Å²) in [5, 5.41) is 0. The molecule has 0 N–H and O–H groups in total. The predicted octanol–water partition coefficient (Wildman–Crippen LogP) is 3.70. The van der Waals surface area contributed by atoms with Crippen molar-refractivity contribution in [2.45, 2.75) is 51.6 Å². The fourth-order valence-electron chi connectivity index (χ4n) is 3.65. The van der Waals surface area contributed by atoms with E-state index in [4.69, 9.17) is 4.74 Å². The van der Waals surface area contributed by atoms with Crippen molar-refractivity contribution in [1.82, 2.24) is 0 Å². The highest BCUT2D eigenvalue weighted by atomic mass is 19.1. The normalized spacial score (nSPS) is 24.9. The van der Waals surface area contributed by atoms with Gasteiger partial charge in [0.15, 0.2) is 0 Å². The van der Waals surface area contributed by atoms with Gasteiger partial charge in [-0.25, -0.2) is 4.39 Å². The maximum Gasteiger partial charge on any atom is 0.253 e. The summed E-state index contributed by atoms with van der Waals surface area (Å²) in [7, 11) is 0. The first kappa shape index (κ1) is 15.5. The molecule has 1 fully saturated rings. The number of hydrogen-bond donors (Lipinski definition) is 0. The van der Waals surface area contributed by atoms with Crippen molar-refractivity contribution in [3.63, 3.8) is 0 Å². The van der Waals surface area contributed by atoms with Gasteiger partial charge in [0.2, 0.25) is 0 Å². The Kier molecular flexibility index (Phi) is 4.77. The first-order valence-corrected chi connectivity index (χ1v) is 8.34. The largest absolute Gasteiger partial charge is 0.368 e. The molecule has 0 radical (unpaired) electrons. The number of hydrogen-bond acceptors (Lipinski definition) is 2. The second kappa shape index (κ2) is 6.78. The molecule has 2 atom stereocenters. The number of fused-ring (bicyclic) bond motifs is 1. The zero-order chi connectivity index (χ0) is 15.5. The average Bonchev–Trinajstić information content (AvgIpc) is 2.52. The number of benzene rings is 1. The van der Waals surface area contributed by atoms with Crippen LogP contribution in [-0.4, -0.2) is 25.2 Å². The van der Waals surface area contributed by atoms with Crippen LogP contribution in [0, 0.1) is 11.7 Å². The number of halogens is 1. The Hall–Kier alpha value is -1.42. The molecule has 22 heavy (non-hydrogen) atoms. The molecule has 1 heterocycles. The van der Waals surface area contributed by atoms with Crippen LogP contribution in [0.15, 0.2) is 18.2 Å². The highest BCUT2D eigenvalue weighted by Gasteiger charge is 2.27. The Morgan fingerprint density at radius 2 is 2.23 bits per heavy atom. The summed E-state index contributed by atoms with van der Waals surface area (Å²) < 4.78 is 19.9. The van der Waals surface area contributed by atoms with E-state index in [1.165, 1.54) is 18.9 Å². The number of ether oxygens (including phenoxy) is 1. The van der Waals surface area contributed by atoms with Crippen LogP contribution >= 0.6 is 0 Å². The van der Waals surface area contributed by atoms with Crippen LogP contribution in [0.1, 0.15) is 44.6 Å². The Labute approximate surface area is 131 Å². The lowest BCUT2D eigenvalue weighted by Gasteiger charge is -2.31. The van der Waals surface area contributed by atoms with E-state index in [0.29, 0.717) is 18.2 Å². The Balaban J connectivity index is 1.64. The number of carbonyl (C=O) groups is 1. The van der Waals surface area contributed by atoms with Crippen LogP contribution in [0.5, 0.6) is 0 Å². The van der Waals surface area contributed by atoms with Crippen LogP contribution in [0.4, 0.5) is 10.1 Å². The summed E-state index contributed by atoms with van der Waals surface area (Å²) in [6.07, 6.45) is 6.36. The molecule has 2 aliphatic rings. The number of nitrogens with zero attached hydrogens (tertiary/aromatic N) is 1. The van der Waals surface area contributed by atoms with Crippen LogP contribution in [0.3, 0.4) is 0 Å². The summed E-state index contributed by atoms with van der Waals surface area (Å²) in [6, 6.07) is 5.04. The van der Waals surface area contributed by atoms with Gasteiger partial charge in [0, 0.05) is 6.54 Å². The van der Waals surface area contributed by atoms with Crippen molar-refractivity contribution >= 4 is 11.6 Å². The summed E-state index contributed by atoms with van der Waals surface area (Å²) in [5.41, 5.74) is 1.38. The fourth-order valence-corrected chi connectivity index (χ4v) is 3.65. The van der Waals surface area contributed by atoms with Crippen LogP contribution in [0.25, 0.3) is 0 Å². The Morgan fingerprint density at radius 1 is 1.36 bits per heavy atom. The molecule has 3 nitrogen and oxygen atoms in total. The fraction of sp³-hybridized carbons (Fsp3) is 0.611. The highest BCUT2D eigenvalue weighted by Crippen LogP contribution is 2.30. The van der Waals surface area contributed by atoms with Gasteiger partial charge in [-0.15, -0.1) is 0 Å². The molecule has 1 amide bonds. The Morgan fingerprint density at radius 3 is 3.05 bits per heavy atom. The summed E-state index contributed by atoms with van der Waals surface area (Å²) in [4.78, 5) is 14.0. The predicted molar refractivity (Wildman–Crippen MR) is 84.4 cm³/mol. The molecule has 2 unspecified atom stereocenters. The van der Waals surface area contributed by atoms with Crippen molar-refractivity contribution in [3.05, 3.63) is 29.6 Å². The SMILES string of the molecule is CC1CCCC(OCC(=O)N2CCCc3cccc(F)c32)C1. The lowest BCUT2D eigenvalue weighted by Crippen LogP contribution is -2.39. The van der Waals surface area contributed by atoms with Gasteiger partial charge in [-0.3, -0.25) is 4.79 Å². The molecule has 0 saturated heterocycles. The van der Waals surface area contributed by atoms with Gasteiger partial charge in [0.25, 0.3) is 5.91 Å².